The summed E-state index contributed by atoms with van der Waals surface area (Å²) in [7, 11) is 0. The smallest absolute Gasteiger partial charge is 0.223 e. The second kappa shape index (κ2) is 5.01. The van der Waals surface area contributed by atoms with Gasteiger partial charge in [0.05, 0.1) is 5.38 Å². The van der Waals surface area contributed by atoms with Crippen LogP contribution in [0.4, 0.5) is 0 Å². The van der Waals surface area contributed by atoms with Crippen LogP contribution in [-0.4, -0.2) is 17.3 Å². The first-order valence-electron chi connectivity index (χ1n) is 5.46. The van der Waals surface area contributed by atoms with Crippen LogP contribution in [0.3, 0.4) is 0 Å². The van der Waals surface area contributed by atoms with Gasteiger partial charge in [0.25, 0.3) is 0 Å². The minimum absolute atomic E-state index is 0.0828. The van der Waals surface area contributed by atoms with Gasteiger partial charge in [-0.2, -0.15) is 0 Å². The standard InChI is InChI=1S/C11H20ClNO/c1-7(2)8(3)11(14)13-10-6-4-5-9(10)12/h7-10H,4-6H2,1-3H3,(H,13,14). The fourth-order valence-electron chi connectivity index (χ4n) is 1.69. The van der Waals surface area contributed by atoms with Gasteiger partial charge >= 0.3 is 0 Å². The van der Waals surface area contributed by atoms with Gasteiger partial charge in [-0.3, -0.25) is 4.79 Å². The second-order valence-corrected chi connectivity index (χ2v) is 5.16. The van der Waals surface area contributed by atoms with Gasteiger partial charge in [0, 0.05) is 12.0 Å². The van der Waals surface area contributed by atoms with Crippen LogP contribution in [0.1, 0.15) is 40.0 Å². The fraction of sp³-hybridized carbons (Fsp3) is 0.909. The molecule has 3 atom stereocenters. The summed E-state index contributed by atoms with van der Waals surface area (Å²) in [6.07, 6.45) is 3.20. The molecule has 0 aromatic carbocycles. The topological polar surface area (TPSA) is 29.1 Å². The number of amides is 1. The summed E-state index contributed by atoms with van der Waals surface area (Å²) in [6, 6.07) is 0.199. The molecule has 0 bridgehead atoms. The molecule has 14 heavy (non-hydrogen) atoms. The van der Waals surface area contributed by atoms with E-state index in [1.165, 1.54) is 0 Å². The van der Waals surface area contributed by atoms with Gasteiger partial charge in [0.2, 0.25) is 5.91 Å². The molecule has 0 spiro atoms. The molecule has 1 rings (SSSR count). The largest absolute Gasteiger partial charge is 0.352 e. The highest BCUT2D eigenvalue weighted by Gasteiger charge is 2.28. The Morgan fingerprint density at radius 3 is 2.43 bits per heavy atom. The van der Waals surface area contributed by atoms with Crippen molar-refractivity contribution >= 4 is 17.5 Å². The highest BCUT2D eigenvalue weighted by atomic mass is 35.5. The maximum atomic E-state index is 11.7. The summed E-state index contributed by atoms with van der Waals surface area (Å²) in [5.41, 5.74) is 0. The number of rotatable bonds is 3. The Balaban J connectivity index is 2.40. The van der Waals surface area contributed by atoms with E-state index in [2.05, 4.69) is 19.2 Å². The normalized spacial score (nSPS) is 29.2. The number of hydrogen-bond acceptors (Lipinski definition) is 1. The molecule has 1 aliphatic carbocycles. The number of carbonyl (C=O) groups excluding carboxylic acids is 1. The third kappa shape index (κ3) is 2.88. The quantitative estimate of drug-likeness (QED) is 0.724. The van der Waals surface area contributed by atoms with Crippen LogP contribution in [0, 0.1) is 11.8 Å². The van der Waals surface area contributed by atoms with Gasteiger partial charge in [-0.25, -0.2) is 0 Å². The molecular weight excluding hydrogens is 198 g/mol. The lowest BCUT2D eigenvalue weighted by Crippen LogP contribution is -2.41. The summed E-state index contributed by atoms with van der Waals surface area (Å²) >= 11 is 6.09. The Kier molecular flexibility index (Phi) is 4.24. The Bertz CT molecular complexity index is 205. The van der Waals surface area contributed by atoms with Gasteiger partial charge < -0.3 is 5.32 Å². The third-order valence-electron chi connectivity index (χ3n) is 3.17. The van der Waals surface area contributed by atoms with Gasteiger partial charge in [0.1, 0.15) is 0 Å². The van der Waals surface area contributed by atoms with Gasteiger partial charge in [-0.05, 0) is 25.2 Å². The van der Waals surface area contributed by atoms with Crippen LogP contribution in [-0.2, 0) is 4.79 Å². The first-order valence-corrected chi connectivity index (χ1v) is 5.90. The van der Waals surface area contributed by atoms with Crippen LogP contribution >= 0.6 is 11.6 Å². The van der Waals surface area contributed by atoms with E-state index in [1.807, 2.05) is 6.92 Å². The van der Waals surface area contributed by atoms with Gasteiger partial charge in [-0.15, -0.1) is 11.6 Å². The van der Waals surface area contributed by atoms with Crippen molar-refractivity contribution in [2.75, 3.05) is 0 Å². The zero-order chi connectivity index (χ0) is 10.7. The molecule has 0 aliphatic heterocycles. The predicted molar refractivity (Wildman–Crippen MR) is 59.4 cm³/mol. The monoisotopic (exact) mass is 217 g/mol. The molecule has 0 aromatic heterocycles. The van der Waals surface area contributed by atoms with Crippen molar-refractivity contribution in [3.63, 3.8) is 0 Å². The summed E-state index contributed by atoms with van der Waals surface area (Å²) in [4.78, 5) is 11.7. The Morgan fingerprint density at radius 2 is 2.00 bits per heavy atom. The van der Waals surface area contributed by atoms with Crippen LogP contribution in [0.2, 0.25) is 0 Å². The molecule has 1 fully saturated rings. The van der Waals surface area contributed by atoms with Crippen molar-refractivity contribution in [3.8, 4) is 0 Å². The van der Waals surface area contributed by atoms with Crippen molar-refractivity contribution < 1.29 is 4.79 Å². The van der Waals surface area contributed by atoms with E-state index in [0.717, 1.165) is 19.3 Å². The predicted octanol–water partition coefficient (Wildman–Crippen LogP) is 2.55. The SMILES string of the molecule is CC(C)C(C)C(=O)NC1CCCC1Cl. The Labute approximate surface area is 91.4 Å². The van der Waals surface area contributed by atoms with Crippen LogP contribution in [0.15, 0.2) is 0 Å². The van der Waals surface area contributed by atoms with Crippen LogP contribution < -0.4 is 5.32 Å². The van der Waals surface area contributed by atoms with Crippen molar-refractivity contribution in [3.05, 3.63) is 0 Å². The second-order valence-electron chi connectivity index (χ2n) is 4.59. The lowest BCUT2D eigenvalue weighted by atomic mass is 9.97. The molecule has 3 unspecified atom stereocenters. The van der Waals surface area contributed by atoms with E-state index < -0.39 is 0 Å². The molecule has 3 heteroatoms. The zero-order valence-electron chi connectivity index (χ0n) is 9.22. The lowest BCUT2D eigenvalue weighted by molar-refractivity contribution is -0.126. The molecule has 0 radical (unpaired) electrons. The van der Waals surface area contributed by atoms with E-state index in [-0.39, 0.29) is 23.2 Å². The summed E-state index contributed by atoms with van der Waals surface area (Å²) in [6.45, 7) is 6.10. The maximum Gasteiger partial charge on any atom is 0.223 e. The van der Waals surface area contributed by atoms with E-state index >= 15 is 0 Å². The average molecular weight is 218 g/mol. The van der Waals surface area contributed by atoms with Crippen LogP contribution in [0.25, 0.3) is 0 Å². The highest BCUT2D eigenvalue weighted by molar-refractivity contribution is 6.21. The molecular formula is C11H20ClNO. The molecule has 82 valence electrons. The first kappa shape index (κ1) is 11.8. The molecule has 2 nitrogen and oxygen atoms in total. The highest BCUT2D eigenvalue weighted by Crippen LogP contribution is 2.24. The molecule has 1 aliphatic rings. The fourth-order valence-corrected chi connectivity index (χ4v) is 2.04. The third-order valence-corrected chi connectivity index (χ3v) is 3.70. The number of hydrogen-bond donors (Lipinski definition) is 1. The van der Waals surface area contributed by atoms with Crippen molar-refractivity contribution in [1.29, 1.82) is 0 Å². The van der Waals surface area contributed by atoms with Crippen LogP contribution in [0.5, 0.6) is 0 Å². The number of halogens is 1. The van der Waals surface area contributed by atoms with E-state index in [0.29, 0.717) is 5.92 Å². The zero-order valence-corrected chi connectivity index (χ0v) is 9.97. The summed E-state index contributed by atoms with van der Waals surface area (Å²) in [5, 5.41) is 3.18. The van der Waals surface area contributed by atoms with Gasteiger partial charge in [-0.1, -0.05) is 20.8 Å². The summed E-state index contributed by atoms with van der Waals surface area (Å²) < 4.78 is 0. The number of carbonyl (C=O) groups is 1. The Hall–Kier alpha value is -0.240. The van der Waals surface area contributed by atoms with Crippen molar-refractivity contribution in [1.82, 2.24) is 5.32 Å². The van der Waals surface area contributed by atoms with E-state index in [9.17, 15) is 4.79 Å². The number of nitrogens with one attached hydrogen (secondary N) is 1. The van der Waals surface area contributed by atoms with Gasteiger partial charge in [0.15, 0.2) is 0 Å². The molecule has 1 amide bonds. The first-order chi connectivity index (χ1) is 6.52. The Morgan fingerprint density at radius 1 is 1.36 bits per heavy atom. The van der Waals surface area contributed by atoms with Crippen molar-refractivity contribution in [2.45, 2.75) is 51.5 Å². The molecule has 1 saturated carbocycles. The number of alkyl halides is 1. The minimum Gasteiger partial charge on any atom is -0.352 e. The van der Waals surface area contributed by atoms with E-state index in [4.69, 9.17) is 11.6 Å². The van der Waals surface area contributed by atoms with Crippen molar-refractivity contribution in [2.24, 2.45) is 11.8 Å². The molecule has 1 N–H and O–H groups in total. The molecule has 0 saturated heterocycles. The minimum atomic E-state index is 0.0828. The van der Waals surface area contributed by atoms with E-state index in [1.54, 1.807) is 0 Å². The maximum absolute atomic E-state index is 11.7. The molecule has 0 aromatic rings. The summed E-state index contributed by atoms with van der Waals surface area (Å²) in [5.74, 6) is 0.627. The molecule has 0 heterocycles. The average Bonchev–Trinajstić information content (AvgIpc) is 2.50. The lowest BCUT2D eigenvalue weighted by Gasteiger charge is -2.21.